The largest absolute Gasteiger partial charge is 0.507 e. The molecule has 4 aromatic rings. The summed E-state index contributed by atoms with van der Waals surface area (Å²) in [7, 11) is 1.53. The van der Waals surface area contributed by atoms with Gasteiger partial charge in [0.15, 0.2) is 28.1 Å². The van der Waals surface area contributed by atoms with E-state index in [0.29, 0.717) is 82.9 Å². The number of fused-ring (bicyclic) bond motifs is 2. The van der Waals surface area contributed by atoms with Crippen LogP contribution in [0, 0.1) is 5.92 Å². The van der Waals surface area contributed by atoms with Crippen molar-refractivity contribution < 1.29 is 38.4 Å². The van der Waals surface area contributed by atoms with Crippen LogP contribution in [0.5, 0.6) is 28.7 Å². The van der Waals surface area contributed by atoms with Crippen molar-refractivity contribution in [1.29, 1.82) is 0 Å². The van der Waals surface area contributed by atoms with Crippen LogP contribution in [0.4, 0.5) is 5.13 Å². The van der Waals surface area contributed by atoms with Gasteiger partial charge < -0.3 is 28.8 Å². The lowest BCUT2D eigenvalue weighted by Gasteiger charge is -2.24. The number of carbonyl (C=O) groups is 2. The van der Waals surface area contributed by atoms with Crippen LogP contribution in [0.15, 0.2) is 60.2 Å². The highest BCUT2D eigenvalue weighted by Crippen LogP contribution is 2.46. The first-order chi connectivity index (χ1) is 21.8. The summed E-state index contributed by atoms with van der Waals surface area (Å²) < 4.78 is 29.4. The second-order valence-electron chi connectivity index (χ2n) is 11.0. The third-order valence-electron chi connectivity index (χ3n) is 7.58. The fourth-order valence-electron chi connectivity index (χ4n) is 5.32. The first-order valence-electron chi connectivity index (χ1n) is 14.8. The number of aliphatic hydroxyl groups is 1. The number of methoxy groups -OCH3 is 1. The van der Waals surface area contributed by atoms with Crippen molar-refractivity contribution in [3.8, 4) is 28.7 Å². The summed E-state index contributed by atoms with van der Waals surface area (Å²) >= 11 is 1.26. The molecule has 0 radical (unpaired) electrons. The minimum atomic E-state index is -1.01. The Balaban J connectivity index is 1.48. The average Bonchev–Trinajstić information content (AvgIpc) is 3.57. The third-order valence-corrected chi connectivity index (χ3v) is 8.60. The molecule has 234 valence electrons. The van der Waals surface area contributed by atoms with E-state index in [-0.39, 0.29) is 11.3 Å². The van der Waals surface area contributed by atoms with Gasteiger partial charge in [-0.2, -0.15) is 0 Å². The van der Waals surface area contributed by atoms with Gasteiger partial charge in [0.05, 0.1) is 42.2 Å². The third kappa shape index (κ3) is 5.87. The van der Waals surface area contributed by atoms with Crippen LogP contribution in [-0.2, 0) is 9.59 Å². The van der Waals surface area contributed by atoms with Crippen LogP contribution in [0.2, 0.25) is 0 Å². The molecule has 10 nitrogen and oxygen atoms in total. The molecule has 6 rings (SSSR count). The Hall–Kier alpha value is -4.77. The maximum atomic E-state index is 13.8. The number of ketones is 1. The van der Waals surface area contributed by atoms with E-state index in [1.165, 1.54) is 23.3 Å². The van der Waals surface area contributed by atoms with Gasteiger partial charge in [0, 0.05) is 5.56 Å². The molecule has 1 atom stereocenters. The summed E-state index contributed by atoms with van der Waals surface area (Å²) in [5.41, 5.74) is 1.42. The maximum absolute atomic E-state index is 13.8. The molecule has 11 heteroatoms. The van der Waals surface area contributed by atoms with Crippen molar-refractivity contribution in [2.45, 2.75) is 33.2 Å². The van der Waals surface area contributed by atoms with Gasteiger partial charge in [0.2, 0.25) is 0 Å². The summed E-state index contributed by atoms with van der Waals surface area (Å²) in [6, 6.07) is 14.6. The SMILES string of the molecule is CCOc1ccc2nc(N3C(=O)C(=O)/C(=C(/O)c4ccc5c(c4)OCCO5)[C@@H]3c3ccc(OCCC(C)C)c(OC)c3)sc2c1. The average molecular weight is 631 g/mol. The highest BCUT2D eigenvalue weighted by atomic mass is 32.1. The molecule has 0 aliphatic carbocycles. The lowest BCUT2D eigenvalue weighted by atomic mass is 9.95. The molecule has 1 amide bonds. The number of nitrogens with zero attached hydrogens (tertiary/aromatic N) is 2. The van der Waals surface area contributed by atoms with E-state index >= 15 is 0 Å². The molecule has 3 heterocycles. The second kappa shape index (κ2) is 12.7. The second-order valence-corrected chi connectivity index (χ2v) is 12.0. The number of hydrogen-bond acceptors (Lipinski definition) is 10. The van der Waals surface area contributed by atoms with Crippen LogP contribution in [0.25, 0.3) is 16.0 Å². The summed E-state index contributed by atoms with van der Waals surface area (Å²) in [4.78, 5) is 33.7. The van der Waals surface area contributed by atoms with Gasteiger partial charge in [-0.15, -0.1) is 0 Å². The Kier molecular flexibility index (Phi) is 8.53. The monoisotopic (exact) mass is 630 g/mol. The van der Waals surface area contributed by atoms with E-state index in [1.807, 2.05) is 25.1 Å². The molecule has 1 N–H and O–H groups in total. The molecular weight excluding hydrogens is 596 g/mol. The normalized spacial score (nSPS) is 17.3. The van der Waals surface area contributed by atoms with E-state index in [1.54, 1.807) is 36.4 Å². The smallest absolute Gasteiger partial charge is 0.301 e. The fourth-order valence-corrected chi connectivity index (χ4v) is 6.34. The van der Waals surface area contributed by atoms with E-state index in [0.717, 1.165) is 11.1 Å². The quantitative estimate of drug-likeness (QED) is 0.119. The van der Waals surface area contributed by atoms with Crippen LogP contribution >= 0.6 is 11.3 Å². The number of aliphatic hydroxyl groups excluding tert-OH is 1. The Morgan fingerprint density at radius 2 is 1.82 bits per heavy atom. The van der Waals surface area contributed by atoms with E-state index < -0.39 is 17.7 Å². The fraction of sp³-hybridized carbons (Fsp3) is 0.324. The number of Topliss-reactive ketones (excluding diaryl/α,β-unsaturated/α-hetero) is 1. The van der Waals surface area contributed by atoms with Gasteiger partial charge in [-0.1, -0.05) is 31.3 Å². The van der Waals surface area contributed by atoms with Gasteiger partial charge in [-0.25, -0.2) is 4.98 Å². The van der Waals surface area contributed by atoms with E-state index in [2.05, 4.69) is 13.8 Å². The highest BCUT2D eigenvalue weighted by molar-refractivity contribution is 7.22. The van der Waals surface area contributed by atoms with Gasteiger partial charge in [-0.3, -0.25) is 14.5 Å². The number of benzene rings is 3. The van der Waals surface area contributed by atoms with Crippen LogP contribution in [0.1, 0.15) is 44.4 Å². The molecule has 3 aromatic carbocycles. The van der Waals surface area contributed by atoms with Crippen molar-refractivity contribution in [2.75, 3.05) is 38.4 Å². The van der Waals surface area contributed by atoms with Crippen LogP contribution in [-0.4, -0.2) is 55.3 Å². The number of carbonyl (C=O) groups excluding carboxylic acids is 2. The van der Waals surface area contributed by atoms with Crippen molar-refractivity contribution >= 4 is 44.1 Å². The minimum absolute atomic E-state index is 0.0820. The Labute approximate surface area is 264 Å². The Bertz CT molecular complexity index is 1800. The van der Waals surface area contributed by atoms with E-state index in [9.17, 15) is 14.7 Å². The standard InChI is InChI=1S/C34H34N2O8S/c1-5-41-22-8-9-23-28(18-22)45-34(35-23)36-30(20-6-10-24(26(16-20)40-4)42-13-12-19(2)3)29(32(38)33(36)39)31(37)21-7-11-25-27(17-21)44-15-14-43-25/h6-11,16-19,30,37H,5,12-15H2,1-4H3/b31-29+/t30-/m0/s1. The lowest BCUT2D eigenvalue weighted by Crippen LogP contribution is -2.29. The zero-order valence-corrected chi connectivity index (χ0v) is 26.3. The first-order valence-corrected chi connectivity index (χ1v) is 15.7. The van der Waals surface area contributed by atoms with Gasteiger partial charge in [0.25, 0.3) is 5.78 Å². The topological polar surface area (TPSA) is 117 Å². The van der Waals surface area contributed by atoms with E-state index in [4.69, 9.17) is 28.7 Å². The van der Waals surface area contributed by atoms with Crippen molar-refractivity contribution in [1.82, 2.24) is 4.98 Å². The summed E-state index contributed by atoms with van der Waals surface area (Å²) in [5.74, 6) is 1.11. The zero-order valence-electron chi connectivity index (χ0n) is 25.5. The predicted molar refractivity (Wildman–Crippen MR) is 171 cm³/mol. The zero-order chi connectivity index (χ0) is 31.7. The molecule has 1 fully saturated rings. The maximum Gasteiger partial charge on any atom is 0.301 e. The molecule has 2 aliphatic heterocycles. The van der Waals surface area contributed by atoms with Crippen LogP contribution < -0.4 is 28.6 Å². The molecular formula is C34H34N2O8S. The van der Waals surface area contributed by atoms with Crippen LogP contribution in [0.3, 0.4) is 0 Å². The Morgan fingerprint density at radius 1 is 1.02 bits per heavy atom. The molecule has 45 heavy (non-hydrogen) atoms. The number of aromatic nitrogens is 1. The molecule has 1 aromatic heterocycles. The number of hydrogen-bond donors (Lipinski definition) is 1. The lowest BCUT2D eigenvalue weighted by molar-refractivity contribution is -0.132. The van der Waals surface area contributed by atoms with Gasteiger partial charge >= 0.3 is 5.91 Å². The Morgan fingerprint density at radius 3 is 2.58 bits per heavy atom. The van der Waals surface area contributed by atoms with Crippen molar-refractivity contribution in [3.63, 3.8) is 0 Å². The van der Waals surface area contributed by atoms with Gasteiger partial charge in [0.1, 0.15) is 24.7 Å². The minimum Gasteiger partial charge on any atom is -0.507 e. The van der Waals surface area contributed by atoms with Gasteiger partial charge in [-0.05, 0) is 73.4 Å². The molecule has 2 aliphatic rings. The number of anilines is 1. The molecule has 0 spiro atoms. The molecule has 1 saturated heterocycles. The summed E-state index contributed by atoms with van der Waals surface area (Å²) in [6.45, 7) is 7.92. The van der Waals surface area contributed by atoms with Crippen molar-refractivity contribution in [3.05, 3.63) is 71.3 Å². The molecule has 0 saturated carbocycles. The number of ether oxygens (including phenoxy) is 5. The molecule has 0 bridgehead atoms. The summed E-state index contributed by atoms with van der Waals surface area (Å²) in [6.07, 6.45) is 0.864. The number of amides is 1. The predicted octanol–water partition coefficient (Wildman–Crippen LogP) is 6.53. The highest BCUT2D eigenvalue weighted by Gasteiger charge is 2.48. The first kappa shape index (κ1) is 30.3. The number of thiazole rings is 1. The molecule has 0 unspecified atom stereocenters. The number of rotatable bonds is 10. The van der Waals surface area contributed by atoms with Crippen molar-refractivity contribution in [2.24, 2.45) is 5.92 Å². The summed E-state index contributed by atoms with van der Waals surface area (Å²) in [5, 5.41) is 12.0.